The summed E-state index contributed by atoms with van der Waals surface area (Å²) in [6.45, 7) is 0. The van der Waals surface area contributed by atoms with Crippen LogP contribution in [0.4, 0.5) is 0 Å². The Kier molecular flexibility index (Phi) is 3.18. The second-order valence-electron chi connectivity index (χ2n) is 4.06. The molecule has 18 heavy (non-hydrogen) atoms. The van der Waals surface area contributed by atoms with E-state index in [4.69, 9.17) is 23.2 Å². The van der Waals surface area contributed by atoms with Crippen LogP contribution in [0.3, 0.4) is 0 Å². The molecule has 1 unspecified atom stereocenters. The molecule has 0 N–H and O–H groups in total. The van der Waals surface area contributed by atoms with Crippen LogP contribution in [0.5, 0.6) is 0 Å². The highest BCUT2D eigenvalue weighted by atomic mass is 79.9. The topological polar surface area (TPSA) is 12.9 Å². The number of nitrogens with zero attached hydrogens (tertiary/aromatic N) is 1. The van der Waals surface area contributed by atoms with Crippen LogP contribution in [-0.2, 0) is 0 Å². The fourth-order valence-electron chi connectivity index (χ4n) is 2.08. The number of hydrogen-bond acceptors (Lipinski definition) is 1. The maximum Gasteiger partial charge on any atom is 0.102 e. The van der Waals surface area contributed by atoms with Crippen molar-refractivity contribution in [1.82, 2.24) is 4.98 Å². The zero-order chi connectivity index (χ0) is 12.7. The van der Waals surface area contributed by atoms with Gasteiger partial charge in [0.05, 0.1) is 5.69 Å². The number of alkyl halides is 1. The minimum atomic E-state index is -0.264. The first kappa shape index (κ1) is 12.2. The Balaban J connectivity index is 2.31. The molecule has 0 amide bonds. The summed E-state index contributed by atoms with van der Waals surface area (Å²) in [4.78, 5) is 4.40. The molecule has 4 heteroatoms. The summed E-state index contributed by atoms with van der Waals surface area (Å²) in [6, 6.07) is 9.63. The average molecular weight is 341 g/mol. The molecule has 1 nitrogen and oxygen atoms in total. The van der Waals surface area contributed by atoms with E-state index in [0.717, 1.165) is 26.9 Å². The quantitative estimate of drug-likeness (QED) is 0.595. The van der Waals surface area contributed by atoms with Crippen LogP contribution in [-0.4, -0.2) is 4.98 Å². The summed E-state index contributed by atoms with van der Waals surface area (Å²) >= 11 is 16.2. The zero-order valence-corrected chi connectivity index (χ0v) is 12.3. The van der Waals surface area contributed by atoms with Gasteiger partial charge in [-0.05, 0) is 35.4 Å². The Hall–Kier alpha value is -0.830. The minimum Gasteiger partial charge on any atom is -0.259 e. The number of aromatic nitrogens is 1. The fourth-order valence-corrected chi connectivity index (χ4v) is 3.22. The third-order valence-electron chi connectivity index (χ3n) is 2.94. The number of rotatable bonds is 0. The van der Waals surface area contributed by atoms with E-state index in [2.05, 4.69) is 20.9 Å². The Morgan fingerprint density at radius 2 is 2.06 bits per heavy atom. The maximum atomic E-state index is 6.54. The third-order valence-corrected chi connectivity index (χ3v) is 4.27. The van der Waals surface area contributed by atoms with E-state index in [-0.39, 0.29) is 5.38 Å². The molecular formula is C14H8BrCl2N. The van der Waals surface area contributed by atoms with Crippen molar-refractivity contribution in [2.24, 2.45) is 0 Å². The molecule has 0 bridgehead atoms. The maximum absolute atomic E-state index is 6.54. The van der Waals surface area contributed by atoms with Crippen molar-refractivity contribution in [3.05, 3.63) is 63.9 Å². The second-order valence-corrected chi connectivity index (χ2v) is 5.79. The Morgan fingerprint density at radius 3 is 2.89 bits per heavy atom. The van der Waals surface area contributed by atoms with Crippen LogP contribution < -0.4 is 0 Å². The first-order chi connectivity index (χ1) is 8.66. The smallest absolute Gasteiger partial charge is 0.102 e. The molecule has 3 rings (SSSR count). The first-order valence-electron chi connectivity index (χ1n) is 5.43. The van der Waals surface area contributed by atoms with Gasteiger partial charge in [0, 0.05) is 21.3 Å². The monoisotopic (exact) mass is 339 g/mol. The van der Waals surface area contributed by atoms with E-state index < -0.39 is 0 Å². The van der Waals surface area contributed by atoms with Crippen LogP contribution in [0.25, 0.3) is 10.6 Å². The molecule has 1 aliphatic rings. The summed E-state index contributed by atoms with van der Waals surface area (Å²) in [5.41, 5.74) is 3.93. The van der Waals surface area contributed by atoms with Gasteiger partial charge < -0.3 is 0 Å². The van der Waals surface area contributed by atoms with Crippen LogP contribution in [0.1, 0.15) is 27.8 Å². The van der Waals surface area contributed by atoms with Gasteiger partial charge in [-0.15, -0.1) is 11.6 Å². The number of hydrogen-bond donors (Lipinski definition) is 0. The molecule has 0 radical (unpaired) electrons. The van der Waals surface area contributed by atoms with Crippen LogP contribution in [0, 0.1) is 0 Å². The van der Waals surface area contributed by atoms with Crippen molar-refractivity contribution < 1.29 is 0 Å². The Bertz CT molecular complexity index is 652. The largest absolute Gasteiger partial charge is 0.259 e. The molecule has 0 saturated heterocycles. The standard InChI is InChI=1S/C14H8BrCl2N/c15-12-7-8-6-9(16)3-4-10(8)13(17)14-11(12)2-1-5-18-14/h1-7,13H. The van der Waals surface area contributed by atoms with Crippen molar-refractivity contribution in [1.29, 1.82) is 0 Å². The lowest BCUT2D eigenvalue weighted by molar-refractivity contribution is 1.03. The normalized spacial score (nSPS) is 17.5. The number of benzene rings is 1. The lowest BCUT2D eigenvalue weighted by Gasteiger charge is -2.12. The summed E-state index contributed by atoms with van der Waals surface area (Å²) in [7, 11) is 0. The van der Waals surface area contributed by atoms with Gasteiger partial charge in [0.1, 0.15) is 5.38 Å². The second kappa shape index (κ2) is 4.69. The van der Waals surface area contributed by atoms with Gasteiger partial charge in [-0.2, -0.15) is 0 Å². The van der Waals surface area contributed by atoms with Gasteiger partial charge >= 0.3 is 0 Å². The number of pyridine rings is 1. The molecule has 0 fully saturated rings. The predicted molar refractivity (Wildman–Crippen MR) is 80.2 cm³/mol. The molecule has 1 aromatic heterocycles. The van der Waals surface area contributed by atoms with Crippen molar-refractivity contribution in [2.75, 3.05) is 0 Å². The molecule has 2 aromatic rings. The highest BCUT2D eigenvalue weighted by Gasteiger charge is 2.23. The summed E-state index contributed by atoms with van der Waals surface area (Å²) in [6.07, 6.45) is 3.79. The fraction of sp³-hybridized carbons (Fsp3) is 0.0714. The first-order valence-corrected chi connectivity index (χ1v) is 7.03. The molecule has 0 aliphatic heterocycles. The van der Waals surface area contributed by atoms with Crippen molar-refractivity contribution in [3.8, 4) is 0 Å². The number of halogens is 3. The van der Waals surface area contributed by atoms with Crippen molar-refractivity contribution >= 4 is 49.7 Å². The average Bonchev–Trinajstić information content (AvgIpc) is 2.47. The lowest BCUT2D eigenvalue weighted by atomic mass is 10.0. The van der Waals surface area contributed by atoms with Gasteiger partial charge in [-0.25, -0.2) is 0 Å². The summed E-state index contributed by atoms with van der Waals surface area (Å²) < 4.78 is 0.970. The van der Waals surface area contributed by atoms with E-state index in [1.807, 2.05) is 36.4 Å². The third kappa shape index (κ3) is 1.99. The van der Waals surface area contributed by atoms with Gasteiger partial charge in [0.15, 0.2) is 0 Å². The van der Waals surface area contributed by atoms with E-state index in [9.17, 15) is 0 Å². The molecule has 0 saturated carbocycles. The van der Waals surface area contributed by atoms with Gasteiger partial charge in [-0.3, -0.25) is 4.98 Å². The molecule has 1 atom stereocenters. The van der Waals surface area contributed by atoms with E-state index >= 15 is 0 Å². The Labute approximate surface area is 124 Å². The van der Waals surface area contributed by atoms with Crippen LogP contribution >= 0.6 is 39.1 Å². The van der Waals surface area contributed by atoms with E-state index in [0.29, 0.717) is 5.02 Å². The molecule has 1 aromatic carbocycles. The molecule has 1 heterocycles. The van der Waals surface area contributed by atoms with Gasteiger partial charge in [0.25, 0.3) is 0 Å². The van der Waals surface area contributed by atoms with Crippen LogP contribution in [0.15, 0.2) is 36.5 Å². The lowest BCUT2D eigenvalue weighted by Crippen LogP contribution is -1.99. The van der Waals surface area contributed by atoms with Crippen LogP contribution in [0.2, 0.25) is 5.02 Å². The van der Waals surface area contributed by atoms with E-state index in [1.165, 1.54) is 0 Å². The molecule has 0 spiro atoms. The zero-order valence-electron chi connectivity index (χ0n) is 9.20. The van der Waals surface area contributed by atoms with Crippen molar-refractivity contribution in [3.63, 3.8) is 0 Å². The minimum absolute atomic E-state index is 0.264. The molecule has 1 aliphatic carbocycles. The molecular weight excluding hydrogens is 333 g/mol. The van der Waals surface area contributed by atoms with E-state index in [1.54, 1.807) is 6.20 Å². The number of fused-ring (bicyclic) bond motifs is 2. The summed E-state index contributed by atoms with van der Waals surface area (Å²) in [5, 5.41) is 0.438. The highest BCUT2D eigenvalue weighted by Crippen LogP contribution is 2.41. The van der Waals surface area contributed by atoms with Gasteiger partial charge in [0.2, 0.25) is 0 Å². The Morgan fingerprint density at radius 1 is 1.22 bits per heavy atom. The highest BCUT2D eigenvalue weighted by molar-refractivity contribution is 9.15. The molecule has 90 valence electrons. The predicted octanol–water partition coefficient (Wildman–Crippen LogP) is 5.27. The van der Waals surface area contributed by atoms with Crippen molar-refractivity contribution in [2.45, 2.75) is 5.38 Å². The van der Waals surface area contributed by atoms with Gasteiger partial charge in [-0.1, -0.05) is 39.7 Å². The summed E-state index contributed by atoms with van der Waals surface area (Å²) in [5.74, 6) is 0. The SMILES string of the molecule is Clc1ccc2c(c1)C=C(Br)c1cccnc1C2Cl.